The van der Waals surface area contributed by atoms with Crippen LogP contribution in [-0.2, 0) is 0 Å². The Balaban J connectivity index is 1.83. The number of fused-ring (bicyclic) bond motifs is 1. The van der Waals surface area contributed by atoms with Gasteiger partial charge in [0, 0.05) is 9.13 Å². The summed E-state index contributed by atoms with van der Waals surface area (Å²) in [6.07, 6.45) is 0. The molecule has 4 aromatic rings. The van der Waals surface area contributed by atoms with Crippen LogP contribution in [0.15, 0.2) is 82.7 Å². The predicted molar refractivity (Wildman–Crippen MR) is 126 cm³/mol. The molecule has 0 saturated carbocycles. The van der Waals surface area contributed by atoms with Crippen molar-refractivity contribution in [3.8, 4) is 5.69 Å². The molecule has 4 rings (SSSR count). The van der Waals surface area contributed by atoms with Gasteiger partial charge in [-0.1, -0.05) is 60.3 Å². The average molecular weight is 512 g/mol. The SMILES string of the molecule is Cc1ccccc1-n1c(SCC(=O)c2ccccc2)nc2ccc(I)cc2c1=O. The van der Waals surface area contributed by atoms with Gasteiger partial charge in [0.1, 0.15) is 0 Å². The van der Waals surface area contributed by atoms with E-state index in [1.54, 1.807) is 16.7 Å². The van der Waals surface area contributed by atoms with E-state index in [1.807, 2.05) is 67.6 Å². The fourth-order valence-electron chi connectivity index (χ4n) is 3.10. The third-order valence-corrected chi connectivity index (χ3v) is 6.19. The van der Waals surface area contributed by atoms with Gasteiger partial charge in [-0.25, -0.2) is 4.98 Å². The molecule has 0 saturated heterocycles. The molecule has 29 heavy (non-hydrogen) atoms. The lowest BCUT2D eigenvalue weighted by Gasteiger charge is -2.15. The van der Waals surface area contributed by atoms with Crippen LogP contribution >= 0.6 is 34.4 Å². The minimum Gasteiger partial charge on any atom is -0.293 e. The van der Waals surface area contributed by atoms with Crippen molar-refractivity contribution in [2.75, 3.05) is 5.75 Å². The van der Waals surface area contributed by atoms with E-state index in [-0.39, 0.29) is 17.1 Å². The predicted octanol–water partition coefficient (Wildman–Crippen LogP) is 5.27. The van der Waals surface area contributed by atoms with E-state index in [4.69, 9.17) is 4.98 Å². The highest BCUT2D eigenvalue weighted by atomic mass is 127. The average Bonchev–Trinajstić information content (AvgIpc) is 2.74. The van der Waals surface area contributed by atoms with E-state index in [0.29, 0.717) is 21.6 Å². The number of nitrogens with zero attached hydrogens (tertiary/aromatic N) is 2. The lowest BCUT2D eigenvalue weighted by Crippen LogP contribution is -2.23. The summed E-state index contributed by atoms with van der Waals surface area (Å²) in [6, 6.07) is 22.5. The zero-order chi connectivity index (χ0) is 20.4. The van der Waals surface area contributed by atoms with E-state index in [0.717, 1.165) is 14.8 Å². The Labute approximate surface area is 186 Å². The molecule has 0 unspecified atom stereocenters. The summed E-state index contributed by atoms with van der Waals surface area (Å²) in [5.41, 5.74) is 2.91. The van der Waals surface area contributed by atoms with E-state index < -0.39 is 0 Å². The van der Waals surface area contributed by atoms with Gasteiger partial charge in [0.15, 0.2) is 10.9 Å². The highest BCUT2D eigenvalue weighted by molar-refractivity contribution is 14.1. The van der Waals surface area contributed by atoms with Crippen molar-refractivity contribution < 1.29 is 4.79 Å². The number of carbonyl (C=O) groups excluding carboxylic acids is 1. The van der Waals surface area contributed by atoms with Crippen molar-refractivity contribution in [2.45, 2.75) is 12.1 Å². The fourth-order valence-corrected chi connectivity index (χ4v) is 4.49. The zero-order valence-corrected chi connectivity index (χ0v) is 18.6. The molecule has 1 aromatic heterocycles. The third-order valence-electron chi connectivity index (χ3n) is 4.58. The first kappa shape index (κ1) is 19.8. The maximum Gasteiger partial charge on any atom is 0.266 e. The molecule has 4 nitrogen and oxygen atoms in total. The lowest BCUT2D eigenvalue weighted by atomic mass is 10.2. The van der Waals surface area contributed by atoms with E-state index >= 15 is 0 Å². The number of rotatable bonds is 5. The maximum atomic E-state index is 13.4. The molecule has 0 fully saturated rings. The molecule has 0 bridgehead atoms. The highest BCUT2D eigenvalue weighted by Gasteiger charge is 2.16. The van der Waals surface area contributed by atoms with Crippen molar-refractivity contribution in [3.63, 3.8) is 0 Å². The number of ketones is 1. The van der Waals surface area contributed by atoms with Gasteiger partial charge >= 0.3 is 0 Å². The van der Waals surface area contributed by atoms with Crippen LogP contribution in [0.3, 0.4) is 0 Å². The topological polar surface area (TPSA) is 52.0 Å². The second-order valence-corrected chi connectivity index (χ2v) is 8.75. The van der Waals surface area contributed by atoms with Crippen LogP contribution in [0.1, 0.15) is 15.9 Å². The molecule has 0 spiro atoms. The molecule has 0 aliphatic carbocycles. The fraction of sp³-hybridized carbons (Fsp3) is 0.0870. The number of halogens is 1. The van der Waals surface area contributed by atoms with Crippen LogP contribution in [0.25, 0.3) is 16.6 Å². The summed E-state index contributed by atoms with van der Waals surface area (Å²) in [5, 5.41) is 1.08. The van der Waals surface area contributed by atoms with Gasteiger partial charge in [-0.15, -0.1) is 0 Å². The second-order valence-electron chi connectivity index (χ2n) is 6.56. The Morgan fingerprint density at radius 1 is 1.03 bits per heavy atom. The first-order valence-electron chi connectivity index (χ1n) is 9.04. The minimum atomic E-state index is -0.127. The molecule has 6 heteroatoms. The third kappa shape index (κ3) is 4.13. The van der Waals surface area contributed by atoms with Crippen molar-refractivity contribution in [1.82, 2.24) is 9.55 Å². The quantitative estimate of drug-likeness (QED) is 0.158. The molecular weight excluding hydrogens is 495 g/mol. The monoisotopic (exact) mass is 512 g/mol. The Morgan fingerprint density at radius 3 is 2.52 bits per heavy atom. The molecule has 0 radical (unpaired) electrons. The summed E-state index contributed by atoms with van der Waals surface area (Å²) in [6.45, 7) is 1.96. The molecule has 3 aromatic carbocycles. The highest BCUT2D eigenvalue weighted by Crippen LogP contribution is 2.24. The number of thioether (sulfide) groups is 1. The Morgan fingerprint density at radius 2 is 1.76 bits per heavy atom. The standard InChI is InChI=1S/C23H17IN2O2S/c1-15-7-5-6-10-20(15)26-22(28)18-13-17(24)11-12-19(18)25-23(26)29-14-21(27)16-8-3-2-4-9-16/h2-13H,14H2,1H3. The number of benzene rings is 3. The van der Waals surface area contributed by atoms with E-state index in [9.17, 15) is 9.59 Å². The lowest BCUT2D eigenvalue weighted by molar-refractivity contribution is 0.102. The van der Waals surface area contributed by atoms with E-state index in [1.165, 1.54) is 11.8 Å². The smallest absolute Gasteiger partial charge is 0.266 e. The molecule has 0 amide bonds. The second kappa shape index (κ2) is 8.51. The summed E-state index contributed by atoms with van der Waals surface area (Å²) in [4.78, 5) is 30.7. The first-order valence-corrected chi connectivity index (χ1v) is 11.1. The largest absolute Gasteiger partial charge is 0.293 e. The Hall–Kier alpha value is -2.45. The van der Waals surface area contributed by atoms with Gasteiger partial charge in [0.25, 0.3) is 5.56 Å². The molecule has 0 atom stereocenters. The van der Waals surface area contributed by atoms with Gasteiger partial charge < -0.3 is 0 Å². The number of aromatic nitrogens is 2. The summed E-state index contributed by atoms with van der Waals surface area (Å²) < 4.78 is 2.60. The molecule has 1 heterocycles. The summed E-state index contributed by atoms with van der Waals surface area (Å²) in [5.74, 6) is 0.210. The molecule has 0 N–H and O–H groups in total. The Bertz CT molecular complexity index is 1270. The van der Waals surface area contributed by atoms with Gasteiger partial charge in [-0.2, -0.15) is 0 Å². The van der Waals surface area contributed by atoms with Crippen molar-refractivity contribution >= 4 is 51.0 Å². The number of hydrogen-bond acceptors (Lipinski definition) is 4. The molecule has 0 aliphatic heterocycles. The normalized spacial score (nSPS) is 11.0. The number of carbonyl (C=O) groups is 1. The minimum absolute atomic E-state index is 0.00360. The molecule has 0 aliphatic rings. The van der Waals surface area contributed by atoms with Crippen LogP contribution in [0.5, 0.6) is 0 Å². The van der Waals surface area contributed by atoms with E-state index in [2.05, 4.69) is 22.6 Å². The van der Waals surface area contributed by atoms with Crippen LogP contribution in [-0.4, -0.2) is 21.1 Å². The molecule has 144 valence electrons. The number of hydrogen-bond donors (Lipinski definition) is 0. The zero-order valence-electron chi connectivity index (χ0n) is 15.6. The molecular formula is C23H17IN2O2S. The van der Waals surface area contributed by atoms with Crippen LogP contribution < -0.4 is 5.56 Å². The van der Waals surface area contributed by atoms with Crippen LogP contribution in [0.4, 0.5) is 0 Å². The van der Waals surface area contributed by atoms with Gasteiger partial charge in [0.05, 0.1) is 22.3 Å². The maximum absolute atomic E-state index is 13.4. The van der Waals surface area contributed by atoms with Gasteiger partial charge in [0.2, 0.25) is 0 Å². The van der Waals surface area contributed by atoms with Crippen LogP contribution in [0, 0.1) is 10.5 Å². The number of para-hydroxylation sites is 1. The van der Waals surface area contributed by atoms with Gasteiger partial charge in [-0.3, -0.25) is 14.2 Å². The number of Topliss-reactive ketones (excluding diaryl/α,β-unsaturated/α-hetero) is 1. The van der Waals surface area contributed by atoms with Crippen LogP contribution in [0.2, 0.25) is 0 Å². The Kier molecular flexibility index (Phi) is 5.82. The summed E-state index contributed by atoms with van der Waals surface area (Å²) >= 11 is 3.48. The van der Waals surface area contributed by atoms with Gasteiger partial charge in [-0.05, 0) is 59.3 Å². The van der Waals surface area contributed by atoms with Crippen molar-refractivity contribution in [2.24, 2.45) is 0 Å². The van der Waals surface area contributed by atoms with Crippen molar-refractivity contribution in [3.05, 3.63) is 97.8 Å². The summed E-state index contributed by atoms with van der Waals surface area (Å²) in [7, 11) is 0. The van der Waals surface area contributed by atoms with Crippen molar-refractivity contribution in [1.29, 1.82) is 0 Å². The number of aryl methyl sites for hydroxylation is 1. The first-order chi connectivity index (χ1) is 14.0.